The van der Waals surface area contributed by atoms with E-state index in [4.69, 9.17) is 5.73 Å². The summed E-state index contributed by atoms with van der Waals surface area (Å²) in [6.45, 7) is 1.53. The lowest BCUT2D eigenvalue weighted by molar-refractivity contribution is -0.120. The molecule has 1 aliphatic carbocycles. The van der Waals surface area contributed by atoms with Crippen LogP contribution in [0.25, 0.3) is 11.1 Å². The second kappa shape index (κ2) is 11.0. The molecule has 12 heteroatoms. The molecule has 1 saturated carbocycles. The molecule has 2 atom stereocenters. The van der Waals surface area contributed by atoms with E-state index < -0.39 is 17.8 Å². The number of piperidine rings is 1. The van der Waals surface area contributed by atoms with E-state index in [1.807, 2.05) is 17.2 Å². The number of nitrogens with two attached hydrogens (primary N) is 1. The fourth-order valence-corrected chi connectivity index (χ4v) is 4.93. The molecule has 2 aliphatic rings. The first-order valence-corrected chi connectivity index (χ1v) is 12.8. The second-order valence-electron chi connectivity index (χ2n) is 10.1. The van der Waals surface area contributed by atoms with Crippen molar-refractivity contribution < 1.29 is 18.7 Å². The highest BCUT2D eigenvalue weighted by Crippen LogP contribution is 2.35. The molecule has 5 rings (SSSR count). The molecular weight excluding hydrogens is 494 g/mol. The zero-order chi connectivity index (χ0) is 26.8. The number of primary amides is 1. The number of nitrogens with one attached hydrogen (secondary N) is 1. The first kappa shape index (κ1) is 26.0. The van der Waals surface area contributed by atoms with Crippen molar-refractivity contribution in [2.75, 3.05) is 36.4 Å². The van der Waals surface area contributed by atoms with Crippen molar-refractivity contribution in [2.45, 2.75) is 38.0 Å². The molecule has 202 valence electrons. The van der Waals surface area contributed by atoms with E-state index in [1.165, 1.54) is 12.4 Å². The molecule has 38 heavy (non-hydrogen) atoms. The van der Waals surface area contributed by atoms with Crippen LogP contribution in [0.15, 0.2) is 36.9 Å². The van der Waals surface area contributed by atoms with E-state index in [-0.39, 0.29) is 42.5 Å². The fraction of sp³-hybridized carbons (Fsp3) is 0.462. The highest BCUT2D eigenvalue weighted by atomic mass is 19.1. The molecule has 0 bridgehead atoms. The van der Waals surface area contributed by atoms with Gasteiger partial charge in [-0.2, -0.15) is 9.49 Å². The number of nitrogens with zero attached hydrogens (tertiary/aromatic N) is 6. The fourth-order valence-electron chi connectivity index (χ4n) is 4.93. The van der Waals surface area contributed by atoms with Crippen molar-refractivity contribution in [1.29, 1.82) is 0 Å². The summed E-state index contributed by atoms with van der Waals surface area (Å²) in [5, 5.41) is 17.7. The standard InChI is InChI=1S/C26H32F2N8O2/c1-34-11-19(10-33-34)16-2-3-18(21(27)8-16)12-36(20-4-5-20)26-24(28)25(31-15-32-26)30-9-17-6-7-35(13-22(17)37)14-23(29)38/h2-3,8,10-11,15,17,20,22,37H,4-7,9,12-14H2,1H3,(H2,29,38)(H,30,31,32)/t17?,22-/m0/s1. The summed E-state index contributed by atoms with van der Waals surface area (Å²) >= 11 is 0. The topological polar surface area (TPSA) is 125 Å². The third-order valence-corrected chi connectivity index (χ3v) is 7.18. The summed E-state index contributed by atoms with van der Waals surface area (Å²) < 4.78 is 32.4. The summed E-state index contributed by atoms with van der Waals surface area (Å²) in [7, 11) is 1.80. The average Bonchev–Trinajstić information content (AvgIpc) is 3.63. The molecule has 10 nitrogen and oxygen atoms in total. The lowest BCUT2D eigenvalue weighted by atomic mass is 9.93. The van der Waals surface area contributed by atoms with Crippen LogP contribution in [0.5, 0.6) is 0 Å². The van der Waals surface area contributed by atoms with E-state index in [1.54, 1.807) is 28.9 Å². The van der Waals surface area contributed by atoms with E-state index in [9.17, 15) is 9.90 Å². The normalized spacial score (nSPS) is 19.9. The largest absolute Gasteiger partial charge is 0.391 e. The van der Waals surface area contributed by atoms with Gasteiger partial charge in [0.2, 0.25) is 11.7 Å². The number of anilines is 2. The molecule has 0 spiro atoms. The Kier molecular flexibility index (Phi) is 7.52. The van der Waals surface area contributed by atoms with Crippen LogP contribution in [0.1, 0.15) is 24.8 Å². The minimum atomic E-state index is -0.680. The predicted molar refractivity (Wildman–Crippen MR) is 138 cm³/mol. The number of likely N-dealkylation sites (tertiary alicyclic amines) is 1. The van der Waals surface area contributed by atoms with E-state index in [0.717, 1.165) is 24.0 Å². The van der Waals surface area contributed by atoms with Crippen molar-refractivity contribution in [3.8, 4) is 11.1 Å². The number of amides is 1. The Morgan fingerprint density at radius 1 is 1.24 bits per heavy atom. The zero-order valence-corrected chi connectivity index (χ0v) is 21.2. The number of halogens is 2. The molecule has 3 heterocycles. The summed E-state index contributed by atoms with van der Waals surface area (Å²) in [4.78, 5) is 23.0. The van der Waals surface area contributed by atoms with Crippen LogP contribution in [-0.2, 0) is 18.4 Å². The van der Waals surface area contributed by atoms with Crippen LogP contribution in [0, 0.1) is 17.6 Å². The Morgan fingerprint density at radius 2 is 2.05 bits per heavy atom. The van der Waals surface area contributed by atoms with Gasteiger partial charge in [0.05, 0.1) is 18.8 Å². The number of carbonyl (C=O) groups excluding carboxylic acids is 1. The van der Waals surface area contributed by atoms with Crippen LogP contribution >= 0.6 is 0 Å². The smallest absolute Gasteiger partial charge is 0.231 e. The minimum absolute atomic E-state index is 0.0415. The number of hydrogen-bond acceptors (Lipinski definition) is 8. The first-order chi connectivity index (χ1) is 18.3. The van der Waals surface area contributed by atoms with E-state index in [0.29, 0.717) is 31.6 Å². The maximum absolute atomic E-state index is 15.6. The molecule has 2 aromatic heterocycles. The van der Waals surface area contributed by atoms with E-state index in [2.05, 4.69) is 20.4 Å². The van der Waals surface area contributed by atoms with Crippen molar-refractivity contribution in [2.24, 2.45) is 18.7 Å². The van der Waals surface area contributed by atoms with Crippen LogP contribution in [-0.4, -0.2) is 74.0 Å². The van der Waals surface area contributed by atoms with Crippen molar-refractivity contribution >= 4 is 17.5 Å². The molecule has 1 amide bonds. The number of β-amino-alcohol motifs (C(OH)–C–C–N with tert-alkyl or cyclic N) is 1. The molecule has 3 aromatic rings. The second-order valence-corrected chi connectivity index (χ2v) is 10.1. The zero-order valence-electron chi connectivity index (χ0n) is 21.2. The first-order valence-electron chi connectivity index (χ1n) is 12.8. The van der Waals surface area contributed by atoms with Gasteiger partial charge in [0.1, 0.15) is 12.1 Å². The lowest BCUT2D eigenvalue weighted by Gasteiger charge is -2.35. The number of hydrogen-bond donors (Lipinski definition) is 3. The number of aliphatic hydroxyl groups is 1. The Labute approximate surface area is 219 Å². The molecule has 1 unspecified atom stereocenters. The molecular formula is C26H32F2N8O2. The maximum atomic E-state index is 15.6. The summed E-state index contributed by atoms with van der Waals surface area (Å²) in [6.07, 6.45) is 6.49. The SMILES string of the molecule is Cn1cc(-c2ccc(CN(c3ncnc(NCC4CCN(CC(N)=O)C[C@@H]4O)c3F)C3CC3)c(F)c2)cn1. The lowest BCUT2D eigenvalue weighted by Crippen LogP contribution is -2.48. The van der Waals surface area contributed by atoms with Gasteiger partial charge in [-0.3, -0.25) is 14.4 Å². The molecule has 1 saturated heterocycles. The Balaban J connectivity index is 1.27. The highest BCUT2D eigenvalue weighted by molar-refractivity contribution is 5.75. The van der Waals surface area contributed by atoms with Gasteiger partial charge >= 0.3 is 0 Å². The van der Waals surface area contributed by atoms with Gasteiger partial charge in [0.15, 0.2) is 11.6 Å². The number of aliphatic hydroxyl groups excluding tert-OH is 1. The van der Waals surface area contributed by atoms with Crippen molar-refractivity contribution in [3.05, 3.63) is 54.1 Å². The maximum Gasteiger partial charge on any atom is 0.231 e. The average molecular weight is 527 g/mol. The third kappa shape index (κ3) is 5.91. The van der Waals surface area contributed by atoms with Gasteiger partial charge in [-0.15, -0.1) is 0 Å². The summed E-state index contributed by atoms with van der Waals surface area (Å²) in [5.74, 6) is -1.39. The Bertz CT molecular complexity index is 1300. The molecule has 2 fully saturated rings. The quantitative estimate of drug-likeness (QED) is 0.366. The Morgan fingerprint density at radius 3 is 2.71 bits per heavy atom. The molecule has 1 aromatic carbocycles. The highest BCUT2D eigenvalue weighted by Gasteiger charge is 2.34. The predicted octanol–water partition coefficient (Wildman–Crippen LogP) is 1.90. The van der Waals surface area contributed by atoms with Gasteiger partial charge in [-0.25, -0.2) is 14.4 Å². The molecule has 4 N–H and O–H groups in total. The van der Waals surface area contributed by atoms with Gasteiger partial charge in [-0.1, -0.05) is 12.1 Å². The van der Waals surface area contributed by atoms with Crippen LogP contribution in [0.4, 0.5) is 20.4 Å². The third-order valence-electron chi connectivity index (χ3n) is 7.18. The number of aromatic nitrogens is 4. The van der Waals surface area contributed by atoms with Crippen LogP contribution < -0.4 is 16.0 Å². The van der Waals surface area contributed by atoms with Crippen LogP contribution in [0.3, 0.4) is 0 Å². The number of benzene rings is 1. The number of carbonyl (C=O) groups is 1. The van der Waals surface area contributed by atoms with Crippen molar-refractivity contribution in [1.82, 2.24) is 24.6 Å². The monoisotopic (exact) mass is 526 g/mol. The van der Waals surface area contributed by atoms with Crippen molar-refractivity contribution in [3.63, 3.8) is 0 Å². The molecule has 0 radical (unpaired) electrons. The van der Waals surface area contributed by atoms with E-state index >= 15 is 8.78 Å². The number of aryl methyl sites for hydroxylation is 1. The van der Waals surface area contributed by atoms with Gasteiger partial charge < -0.3 is 21.1 Å². The molecule has 1 aliphatic heterocycles. The summed E-state index contributed by atoms with van der Waals surface area (Å²) in [6, 6.07) is 5.10. The van der Waals surface area contributed by atoms with Crippen LogP contribution in [0.2, 0.25) is 0 Å². The van der Waals surface area contributed by atoms with Gasteiger partial charge in [-0.05, 0) is 37.4 Å². The van der Waals surface area contributed by atoms with Gasteiger partial charge in [0, 0.05) is 56.0 Å². The summed E-state index contributed by atoms with van der Waals surface area (Å²) in [5.41, 5.74) is 7.24. The minimum Gasteiger partial charge on any atom is -0.391 e. The Hall–Kier alpha value is -3.64. The number of rotatable bonds is 10. The van der Waals surface area contributed by atoms with Gasteiger partial charge in [0.25, 0.3) is 0 Å².